The number of aromatic nitrogens is 2. The maximum atomic E-state index is 4.19. The zero-order valence-corrected chi connectivity index (χ0v) is 10.3. The number of hydrogen-bond donors (Lipinski definition) is 2. The lowest BCUT2D eigenvalue weighted by Crippen LogP contribution is -1.98. The van der Waals surface area contributed by atoms with Crippen LogP contribution in [0.1, 0.15) is 0 Å². The Kier molecular flexibility index (Phi) is 3.80. The molecule has 92 valence electrons. The van der Waals surface area contributed by atoms with Gasteiger partial charge in [-0.3, -0.25) is 0 Å². The minimum Gasteiger partial charge on any atom is -0.371 e. The van der Waals surface area contributed by atoms with Gasteiger partial charge in [-0.05, 0) is 12.1 Å². The first kappa shape index (κ1) is 12.0. The third-order valence-electron chi connectivity index (χ3n) is 2.32. The first-order valence-corrected chi connectivity index (χ1v) is 5.52. The van der Waals surface area contributed by atoms with Crippen LogP contribution < -0.4 is 10.6 Å². The highest BCUT2D eigenvalue weighted by atomic mass is 15.2. The van der Waals surface area contributed by atoms with Gasteiger partial charge in [-0.15, -0.1) is 5.11 Å². The number of nitrogens with zero attached hydrogens (tertiary/aromatic N) is 4. The van der Waals surface area contributed by atoms with Crippen LogP contribution in [0.2, 0.25) is 0 Å². The highest BCUT2D eigenvalue weighted by molar-refractivity contribution is 5.72. The minimum atomic E-state index is 0.589. The quantitative estimate of drug-likeness (QED) is 0.808. The smallest absolute Gasteiger partial charge is 0.170 e. The molecule has 1 heterocycles. The number of anilines is 2. The molecule has 0 aliphatic heterocycles. The van der Waals surface area contributed by atoms with Crippen LogP contribution in [-0.4, -0.2) is 24.1 Å². The first-order chi connectivity index (χ1) is 8.85. The predicted octanol–water partition coefficient (Wildman–Crippen LogP) is 2.98. The van der Waals surface area contributed by atoms with Crippen molar-refractivity contribution in [1.82, 2.24) is 9.97 Å². The maximum absolute atomic E-state index is 4.19. The van der Waals surface area contributed by atoms with Crippen LogP contribution in [0.5, 0.6) is 0 Å². The molecule has 1 aromatic heterocycles. The van der Waals surface area contributed by atoms with Gasteiger partial charge in [0.25, 0.3) is 0 Å². The Labute approximate surface area is 105 Å². The molecule has 2 aromatic rings. The van der Waals surface area contributed by atoms with E-state index >= 15 is 0 Å². The Bertz CT molecular complexity index is 515. The molecular formula is C12H14N6. The summed E-state index contributed by atoms with van der Waals surface area (Å²) >= 11 is 0. The zero-order valence-electron chi connectivity index (χ0n) is 10.3. The largest absolute Gasteiger partial charge is 0.371 e. The average molecular weight is 242 g/mol. The van der Waals surface area contributed by atoms with E-state index in [4.69, 9.17) is 0 Å². The van der Waals surface area contributed by atoms with Crippen LogP contribution in [0, 0.1) is 0 Å². The van der Waals surface area contributed by atoms with Crippen molar-refractivity contribution >= 4 is 23.0 Å². The summed E-state index contributed by atoms with van der Waals surface area (Å²) < 4.78 is 0. The molecule has 0 aliphatic carbocycles. The lowest BCUT2D eigenvalue weighted by molar-refractivity contribution is 1.11. The standard InChI is InChI=1S/C12H14N6/c1-13-11-10(12(14-2)16-8-15-11)18-17-9-6-4-3-5-7-9/h3-8H,1-2H3,(H2,13,14,15,16). The Balaban J connectivity index is 2.36. The molecule has 0 aliphatic rings. The summed E-state index contributed by atoms with van der Waals surface area (Å²) in [7, 11) is 3.56. The second kappa shape index (κ2) is 5.72. The van der Waals surface area contributed by atoms with Crippen molar-refractivity contribution in [3.05, 3.63) is 36.7 Å². The summed E-state index contributed by atoms with van der Waals surface area (Å²) in [6.07, 6.45) is 1.47. The Hall–Kier alpha value is -2.50. The normalized spacial score (nSPS) is 10.6. The molecule has 0 saturated heterocycles. The van der Waals surface area contributed by atoms with E-state index < -0.39 is 0 Å². The Morgan fingerprint density at radius 1 is 0.889 bits per heavy atom. The van der Waals surface area contributed by atoms with Crippen molar-refractivity contribution < 1.29 is 0 Å². The fourth-order valence-electron chi connectivity index (χ4n) is 1.44. The average Bonchev–Trinajstić information content (AvgIpc) is 2.45. The Morgan fingerprint density at radius 2 is 1.50 bits per heavy atom. The van der Waals surface area contributed by atoms with Crippen LogP contribution in [0.25, 0.3) is 0 Å². The van der Waals surface area contributed by atoms with E-state index in [1.165, 1.54) is 6.33 Å². The summed E-state index contributed by atoms with van der Waals surface area (Å²) in [6.45, 7) is 0. The van der Waals surface area contributed by atoms with Crippen LogP contribution in [-0.2, 0) is 0 Å². The van der Waals surface area contributed by atoms with Crippen molar-refractivity contribution in [2.45, 2.75) is 0 Å². The number of nitrogens with one attached hydrogen (secondary N) is 2. The second-order valence-electron chi connectivity index (χ2n) is 3.46. The van der Waals surface area contributed by atoms with Crippen LogP contribution in [0.3, 0.4) is 0 Å². The van der Waals surface area contributed by atoms with E-state index in [1.807, 2.05) is 30.3 Å². The molecule has 0 fully saturated rings. The maximum Gasteiger partial charge on any atom is 0.170 e. The number of hydrogen-bond acceptors (Lipinski definition) is 6. The molecule has 0 radical (unpaired) electrons. The molecule has 6 nitrogen and oxygen atoms in total. The van der Waals surface area contributed by atoms with E-state index in [0.717, 1.165) is 5.69 Å². The van der Waals surface area contributed by atoms with Gasteiger partial charge in [0.15, 0.2) is 17.3 Å². The van der Waals surface area contributed by atoms with Crippen LogP contribution in [0.15, 0.2) is 46.9 Å². The lowest BCUT2D eigenvalue weighted by Gasteiger charge is -2.06. The van der Waals surface area contributed by atoms with Gasteiger partial charge in [0, 0.05) is 14.1 Å². The zero-order chi connectivity index (χ0) is 12.8. The molecular weight excluding hydrogens is 228 g/mol. The third-order valence-corrected chi connectivity index (χ3v) is 2.32. The molecule has 6 heteroatoms. The predicted molar refractivity (Wildman–Crippen MR) is 71.7 cm³/mol. The van der Waals surface area contributed by atoms with Crippen molar-refractivity contribution in [2.75, 3.05) is 24.7 Å². The number of benzene rings is 1. The topological polar surface area (TPSA) is 74.6 Å². The first-order valence-electron chi connectivity index (χ1n) is 5.52. The van der Waals surface area contributed by atoms with E-state index in [0.29, 0.717) is 17.3 Å². The molecule has 2 N–H and O–H groups in total. The Morgan fingerprint density at radius 3 is 2.06 bits per heavy atom. The van der Waals surface area contributed by atoms with Gasteiger partial charge in [0.2, 0.25) is 0 Å². The molecule has 1 aromatic carbocycles. The summed E-state index contributed by atoms with van der Waals surface area (Å²) in [6, 6.07) is 9.51. The van der Waals surface area contributed by atoms with Crippen molar-refractivity contribution in [2.24, 2.45) is 10.2 Å². The summed E-state index contributed by atoms with van der Waals surface area (Å²) in [5.74, 6) is 1.27. The molecule has 18 heavy (non-hydrogen) atoms. The number of azo groups is 1. The van der Waals surface area contributed by atoms with E-state index in [1.54, 1.807) is 14.1 Å². The van der Waals surface area contributed by atoms with Gasteiger partial charge in [-0.2, -0.15) is 5.11 Å². The highest BCUT2D eigenvalue weighted by Crippen LogP contribution is 2.30. The van der Waals surface area contributed by atoms with Gasteiger partial charge < -0.3 is 10.6 Å². The molecule has 0 bridgehead atoms. The number of rotatable bonds is 4. The summed E-state index contributed by atoms with van der Waals surface area (Å²) in [4.78, 5) is 8.20. The van der Waals surface area contributed by atoms with Crippen molar-refractivity contribution in [3.8, 4) is 0 Å². The lowest BCUT2D eigenvalue weighted by atomic mass is 10.3. The third kappa shape index (κ3) is 2.60. The molecule has 0 saturated carbocycles. The van der Waals surface area contributed by atoms with Crippen molar-refractivity contribution in [1.29, 1.82) is 0 Å². The summed E-state index contributed by atoms with van der Waals surface area (Å²) in [5.41, 5.74) is 1.37. The molecule has 0 atom stereocenters. The van der Waals surface area contributed by atoms with Gasteiger partial charge in [0.05, 0.1) is 5.69 Å². The van der Waals surface area contributed by atoms with Gasteiger partial charge in [0.1, 0.15) is 6.33 Å². The monoisotopic (exact) mass is 242 g/mol. The van der Waals surface area contributed by atoms with Gasteiger partial charge in [-0.1, -0.05) is 18.2 Å². The van der Waals surface area contributed by atoms with Crippen LogP contribution >= 0.6 is 0 Å². The highest BCUT2D eigenvalue weighted by Gasteiger charge is 2.08. The summed E-state index contributed by atoms with van der Waals surface area (Å²) in [5, 5.41) is 14.3. The van der Waals surface area contributed by atoms with Crippen LogP contribution in [0.4, 0.5) is 23.0 Å². The van der Waals surface area contributed by atoms with E-state index in [2.05, 4.69) is 30.8 Å². The molecule has 0 amide bonds. The minimum absolute atomic E-state index is 0.589. The molecule has 0 unspecified atom stereocenters. The second-order valence-corrected chi connectivity index (χ2v) is 3.46. The van der Waals surface area contributed by atoms with Gasteiger partial charge >= 0.3 is 0 Å². The molecule has 0 spiro atoms. The van der Waals surface area contributed by atoms with Gasteiger partial charge in [-0.25, -0.2) is 9.97 Å². The fourth-order valence-corrected chi connectivity index (χ4v) is 1.44. The van der Waals surface area contributed by atoms with E-state index in [-0.39, 0.29) is 0 Å². The fraction of sp³-hybridized carbons (Fsp3) is 0.167. The van der Waals surface area contributed by atoms with Crippen molar-refractivity contribution in [3.63, 3.8) is 0 Å². The SMILES string of the molecule is CNc1ncnc(NC)c1N=Nc1ccccc1. The van der Waals surface area contributed by atoms with E-state index in [9.17, 15) is 0 Å². The molecule has 2 rings (SSSR count).